The smallest absolute Gasteiger partial charge is 0.425 e. The van der Waals surface area contributed by atoms with Crippen LogP contribution in [0, 0.1) is 6.92 Å². The quantitative estimate of drug-likeness (QED) is 0.457. The fourth-order valence-electron chi connectivity index (χ4n) is 5.01. The number of ether oxygens (including phenoxy) is 2. The van der Waals surface area contributed by atoms with Crippen molar-refractivity contribution in [2.24, 2.45) is 0 Å². The van der Waals surface area contributed by atoms with Crippen molar-refractivity contribution in [3.05, 3.63) is 29.3 Å². The number of hydrogen-bond acceptors (Lipinski definition) is 7. The molecule has 3 rings (SSSR count). The van der Waals surface area contributed by atoms with Gasteiger partial charge in [0.1, 0.15) is 5.75 Å². The topological polar surface area (TPSA) is 105 Å². The standard InChI is InChI=1S/C25H36F3N3O6S/c1-18-7-8-20(21(16-18)36-15-4-6-22(32)29-38(3,34)35)17-31-12-5-9-24(31)10-13-30(14-11-24)23(33)37-19(2)25(26,27)28/h7-8,16,19H,4-6,9-15,17H2,1-3H3,(H,29,32). The zero-order valence-corrected chi connectivity index (χ0v) is 22.8. The van der Waals surface area contributed by atoms with E-state index in [1.165, 1.54) is 4.90 Å². The Balaban J connectivity index is 1.58. The van der Waals surface area contributed by atoms with Gasteiger partial charge in [0, 0.05) is 37.2 Å². The van der Waals surface area contributed by atoms with Crippen molar-refractivity contribution < 1.29 is 40.7 Å². The van der Waals surface area contributed by atoms with E-state index in [-0.39, 0.29) is 18.6 Å². The second kappa shape index (κ2) is 12.1. The average Bonchev–Trinajstić information content (AvgIpc) is 3.18. The molecule has 1 spiro atoms. The zero-order chi connectivity index (χ0) is 28.1. The molecule has 0 aliphatic carbocycles. The van der Waals surface area contributed by atoms with Crippen LogP contribution in [-0.4, -0.2) is 80.5 Å². The van der Waals surface area contributed by atoms with Crippen molar-refractivity contribution >= 4 is 22.0 Å². The highest BCUT2D eigenvalue weighted by atomic mass is 32.2. The Morgan fingerprint density at radius 2 is 1.84 bits per heavy atom. The molecule has 0 aromatic heterocycles. The second-order valence-corrected chi connectivity index (χ2v) is 11.9. The molecule has 214 valence electrons. The van der Waals surface area contributed by atoms with Gasteiger partial charge in [0.2, 0.25) is 15.9 Å². The first kappa shape index (κ1) is 30.0. The third kappa shape index (κ3) is 8.23. The van der Waals surface area contributed by atoms with Gasteiger partial charge in [0.15, 0.2) is 6.10 Å². The van der Waals surface area contributed by atoms with Crippen LogP contribution in [0.5, 0.6) is 5.75 Å². The van der Waals surface area contributed by atoms with Crippen LogP contribution in [0.25, 0.3) is 0 Å². The molecular formula is C25H36F3N3O6S. The molecule has 1 aromatic rings. The van der Waals surface area contributed by atoms with Crippen molar-refractivity contribution in [1.82, 2.24) is 14.5 Å². The van der Waals surface area contributed by atoms with E-state index in [1.807, 2.05) is 29.8 Å². The van der Waals surface area contributed by atoms with Gasteiger partial charge in [-0.05, 0) is 64.1 Å². The number of hydrogen-bond donors (Lipinski definition) is 1. The van der Waals surface area contributed by atoms with E-state index < -0.39 is 34.3 Å². The molecular weight excluding hydrogens is 527 g/mol. The summed E-state index contributed by atoms with van der Waals surface area (Å²) in [7, 11) is -3.59. The van der Waals surface area contributed by atoms with Gasteiger partial charge in [-0.25, -0.2) is 13.2 Å². The summed E-state index contributed by atoms with van der Waals surface area (Å²) < 4.78 is 73.2. The fourth-order valence-corrected chi connectivity index (χ4v) is 5.53. The molecule has 1 N–H and O–H groups in total. The number of rotatable bonds is 9. The number of sulfonamides is 1. The van der Waals surface area contributed by atoms with E-state index in [9.17, 15) is 31.2 Å². The van der Waals surface area contributed by atoms with Crippen LogP contribution in [0.2, 0.25) is 0 Å². The molecule has 2 heterocycles. The van der Waals surface area contributed by atoms with E-state index in [4.69, 9.17) is 4.74 Å². The highest BCUT2D eigenvalue weighted by Gasteiger charge is 2.45. The Bertz CT molecular complexity index is 1100. The summed E-state index contributed by atoms with van der Waals surface area (Å²) in [5.41, 5.74) is 1.83. The number of benzene rings is 1. The maximum absolute atomic E-state index is 12.8. The van der Waals surface area contributed by atoms with Gasteiger partial charge in [0.25, 0.3) is 0 Å². The van der Waals surface area contributed by atoms with E-state index >= 15 is 0 Å². The molecule has 2 aliphatic rings. The predicted molar refractivity (Wildman–Crippen MR) is 134 cm³/mol. The third-order valence-corrected chi connectivity index (χ3v) is 7.72. The normalized spacial score (nSPS) is 18.8. The number of carbonyl (C=O) groups is 2. The molecule has 0 bridgehead atoms. The lowest BCUT2D eigenvalue weighted by Crippen LogP contribution is -2.53. The molecule has 9 nitrogen and oxygen atoms in total. The van der Waals surface area contributed by atoms with Crippen LogP contribution < -0.4 is 9.46 Å². The van der Waals surface area contributed by atoms with Crippen molar-refractivity contribution in [3.63, 3.8) is 0 Å². The van der Waals surface area contributed by atoms with Crippen LogP contribution in [0.1, 0.15) is 56.6 Å². The summed E-state index contributed by atoms with van der Waals surface area (Å²) in [6.45, 7) is 5.13. The lowest BCUT2D eigenvalue weighted by molar-refractivity contribution is -0.200. The van der Waals surface area contributed by atoms with Gasteiger partial charge in [0.05, 0.1) is 12.9 Å². The fraction of sp³-hybridized carbons (Fsp3) is 0.680. The monoisotopic (exact) mass is 563 g/mol. The summed E-state index contributed by atoms with van der Waals surface area (Å²) in [6, 6.07) is 5.91. The van der Waals surface area contributed by atoms with Crippen LogP contribution in [0.3, 0.4) is 0 Å². The molecule has 1 aromatic carbocycles. The van der Waals surface area contributed by atoms with E-state index in [0.717, 1.165) is 43.7 Å². The minimum Gasteiger partial charge on any atom is -0.493 e. The largest absolute Gasteiger partial charge is 0.493 e. The summed E-state index contributed by atoms with van der Waals surface area (Å²) in [5, 5.41) is 0. The number of aryl methyl sites for hydroxylation is 1. The zero-order valence-electron chi connectivity index (χ0n) is 22.0. The number of amides is 2. The number of carbonyl (C=O) groups excluding carboxylic acids is 2. The summed E-state index contributed by atoms with van der Waals surface area (Å²) in [5.74, 6) is 0.111. The highest BCUT2D eigenvalue weighted by molar-refractivity contribution is 7.89. The number of piperidine rings is 1. The molecule has 2 amide bonds. The third-order valence-electron chi connectivity index (χ3n) is 7.12. The highest BCUT2D eigenvalue weighted by Crippen LogP contribution is 2.40. The Labute approximate surface area is 221 Å². The summed E-state index contributed by atoms with van der Waals surface area (Å²) in [6.07, 6.45) is -3.19. The maximum atomic E-state index is 12.8. The van der Waals surface area contributed by atoms with Crippen LogP contribution in [-0.2, 0) is 26.1 Å². The molecule has 0 saturated carbocycles. The molecule has 13 heteroatoms. The van der Waals surface area contributed by atoms with Crippen molar-refractivity contribution in [3.8, 4) is 5.75 Å². The first-order valence-corrected chi connectivity index (χ1v) is 14.6. The van der Waals surface area contributed by atoms with Gasteiger partial charge >= 0.3 is 12.3 Å². The first-order chi connectivity index (χ1) is 17.7. The molecule has 2 fully saturated rings. The number of alkyl halides is 3. The van der Waals surface area contributed by atoms with Crippen LogP contribution in [0.15, 0.2) is 18.2 Å². The van der Waals surface area contributed by atoms with Crippen LogP contribution in [0.4, 0.5) is 18.0 Å². The second-order valence-electron chi connectivity index (χ2n) is 10.2. The number of nitrogens with zero attached hydrogens (tertiary/aromatic N) is 2. The Hall–Kier alpha value is -2.54. The summed E-state index contributed by atoms with van der Waals surface area (Å²) >= 11 is 0. The predicted octanol–water partition coefficient (Wildman–Crippen LogP) is 3.75. The number of likely N-dealkylation sites (tertiary alicyclic amines) is 2. The Kier molecular flexibility index (Phi) is 9.56. The SMILES string of the molecule is Cc1ccc(CN2CCCC23CCN(C(=O)OC(C)C(F)(F)F)CC3)c(OCCCC(=O)NS(C)(=O)=O)c1. The van der Waals surface area contributed by atoms with Gasteiger partial charge in [-0.3, -0.25) is 14.4 Å². The minimum atomic E-state index is -4.59. The molecule has 0 radical (unpaired) electrons. The van der Waals surface area contributed by atoms with Gasteiger partial charge in [-0.15, -0.1) is 0 Å². The molecule has 1 atom stereocenters. The van der Waals surface area contributed by atoms with E-state index in [2.05, 4.69) is 9.64 Å². The van der Waals surface area contributed by atoms with Crippen molar-refractivity contribution in [1.29, 1.82) is 0 Å². The molecule has 2 saturated heterocycles. The van der Waals surface area contributed by atoms with E-state index in [0.29, 0.717) is 44.6 Å². The van der Waals surface area contributed by atoms with E-state index in [1.54, 1.807) is 0 Å². The number of nitrogens with one attached hydrogen (secondary N) is 1. The lowest BCUT2D eigenvalue weighted by atomic mass is 9.85. The average molecular weight is 564 g/mol. The molecule has 38 heavy (non-hydrogen) atoms. The van der Waals surface area contributed by atoms with Crippen molar-refractivity contribution in [2.45, 2.75) is 76.7 Å². The first-order valence-electron chi connectivity index (χ1n) is 12.7. The Morgan fingerprint density at radius 3 is 2.47 bits per heavy atom. The minimum absolute atomic E-state index is 0.0180. The Morgan fingerprint density at radius 1 is 1.16 bits per heavy atom. The maximum Gasteiger partial charge on any atom is 0.425 e. The van der Waals surface area contributed by atoms with Crippen LogP contribution >= 0.6 is 0 Å². The van der Waals surface area contributed by atoms with Gasteiger partial charge in [-0.2, -0.15) is 13.2 Å². The van der Waals surface area contributed by atoms with Gasteiger partial charge < -0.3 is 14.4 Å². The lowest BCUT2D eigenvalue weighted by Gasteiger charge is -2.45. The van der Waals surface area contributed by atoms with Crippen molar-refractivity contribution in [2.75, 3.05) is 32.5 Å². The van der Waals surface area contributed by atoms with Gasteiger partial charge in [-0.1, -0.05) is 12.1 Å². The molecule has 2 aliphatic heterocycles. The number of halogens is 3. The molecule has 1 unspecified atom stereocenters. The summed E-state index contributed by atoms with van der Waals surface area (Å²) in [4.78, 5) is 27.7.